The van der Waals surface area contributed by atoms with Crippen LogP contribution in [-0.4, -0.2) is 18.8 Å². The Labute approximate surface area is 176 Å². The zero-order valence-corrected chi connectivity index (χ0v) is 18.3. The third-order valence-electron chi connectivity index (χ3n) is 4.15. The number of nitrogens with one attached hydrogen (secondary N) is 1. The van der Waals surface area contributed by atoms with E-state index in [0.717, 1.165) is 37.3 Å². The van der Waals surface area contributed by atoms with Crippen molar-refractivity contribution in [2.45, 2.75) is 52.6 Å². The van der Waals surface area contributed by atoms with Gasteiger partial charge in [0, 0.05) is 23.9 Å². The van der Waals surface area contributed by atoms with E-state index in [1.807, 2.05) is 12.1 Å². The maximum atomic E-state index is 5.96. The Morgan fingerprint density at radius 2 is 1.72 bits per heavy atom. The summed E-state index contributed by atoms with van der Waals surface area (Å²) in [5.41, 5.74) is 3.39. The van der Waals surface area contributed by atoms with Crippen molar-refractivity contribution in [1.82, 2.24) is 0 Å². The maximum Gasteiger partial charge on any atom is 0.119 e. The van der Waals surface area contributed by atoms with Crippen molar-refractivity contribution in [2.75, 3.05) is 18.5 Å². The van der Waals surface area contributed by atoms with E-state index in [-0.39, 0.29) is 5.60 Å². The van der Waals surface area contributed by atoms with Crippen LogP contribution in [0.5, 0.6) is 0 Å². The van der Waals surface area contributed by atoms with Crippen LogP contribution in [-0.2, 0) is 9.47 Å². The number of allylic oxidation sites excluding steroid dienone is 2. The van der Waals surface area contributed by atoms with Crippen LogP contribution in [0.25, 0.3) is 11.1 Å². The number of para-hydroxylation sites is 1. The lowest BCUT2D eigenvalue weighted by Crippen LogP contribution is -2.18. The lowest BCUT2D eigenvalue weighted by Gasteiger charge is -2.22. The van der Waals surface area contributed by atoms with Gasteiger partial charge in [-0.25, -0.2) is 0 Å². The summed E-state index contributed by atoms with van der Waals surface area (Å²) in [4.78, 5) is 0. The summed E-state index contributed by atoms with van der Waals surface area (Å²) >= 11 is 0. The van der Waals surface area contributed by atoms with E-state index < -0.39 is 0 Å². The van der Waals surface area contributed by atoms with Gasteiger partial charge in [-0.15, -0.1) is 0 Å². The van der Waals surface area contributed by atoms with E-state index in [1.165, 1.54) is 11.1 Å². The Balaban J connectivity index is 1.78. The van der Waals surface area contributed by atoms with Crippen molar-refractivity contribution in [3.63, 3.8) is 0 Å². The standard InChI is InChI=1S/C26H35NO2/c1-5-6-15-23(29-26(2,3)4)18-21-28-20-12-19-27-25-17-11-10-16-24(25)22-13-8-7-9-14-22/h7-11,13-18,21,27H,5-6,12,19-20H2,1-4H3/b21-18+,23-15+. The fourth-order valence-corrected chi connectivity index (χ4v) is 2.85. The van der Waals surface area contributed by atoms with E-state index in [0.29, 0.717) is 6.61 Å². The summed E-state index contributed by atoms with van der Waals surface area (Å²) < 4.78 is 11.6. The molecule has 2 rings (SSSR count). The molecular weight excluding hydrogens is 358 g/mol. The molecule has 0 radical (unpaired) electrons. The minimum atomic E-state index is -0.208. The van der Waals surface area contributed by atoms with Gasteiger partial charge >= 0.3 is 0 Å². The molecule has 0 bridgehead atoms. The fourth-order valence-electron chi connectivity index (χ4n) is 2.85. The van der Waals surface area contributed by atoms with Crippen LogP contribution in [0.3, 0.4) is 0 Å². The number of unbranched alkanes of at least 4 members (excludes halogenated alkanes) is 1. The number of rotatable bonds is 11. The molecule has 2 aromatic rings. The zero-order valence-electron chi connectivity index (χ0n) is 18.3. The van der Waals surface area contributed by atoms with Gasteiger partial charge in [0.15, 0.2) is 0 Å². The first-order valence-corrected chi connectivity index (χ1v) is 10.6. The quantitative estimate of drug-likeness (QED) is 0.249. The molecule has 0 atom stereocenters. The van der Waals surface area contributed by atoms with E-state index in [1.54, 1.807) is 6.26 Å². The molecule has 0 unspecified atom stereocenters. The van der Waals surface area contributed by atoms with Crippen LogP contribution < -0.4 is 5.32 Å². The summed E-state index contributed by atoms with van der Waals surface area (Å²) in [6.45, 7) is 9.85. The number of anilines is 1. The van der Waals surface area contributed by atoms with Gasteiger partial charge < -0.3 is 14.8 Å². The minimum Gasteiger partial charge on any atom is -0.501 e. The predicted molar refractivity (Wildman–Crippen MR) is 124 cm³/mol. The van der Waals surface area contributed by atoms with Gasteiger partial charge in [-0.1, -0.05) is 61.9 Å². The maximum absolute atomic E-state index is 5.96. The van der Waals surface area contributed by atoms with E-state index in [2.05, 4.69) is 87.6 Å². The van der Waals surface area contributed by atoms with Gasteiger partial charge in [0.2, 0.25) is 0 Å². The van der Waals surface area contributed by atoms with Crippen LogP contribution in [0.4, 0.5) is 5.69 Å². The topological polar surface area (TPSA) is 30.5 Å². The smallest absolute Gasteiger partial charge is 0.119 e. The molecular formula is C26H35NO2. The summed E-state index contributed by atoms with van der Waals surface area (Å²) in [6.07, 6.45) is 8.79. The Kier molecular flexibility index (Phi) is 9.36. The first kappa shape index (κ1) is 22.6. The number of hydrogen-bond donors (Lipinski definition) is 1. The molecule has 3 heteroatoms. The van der Waals surface area contributed by atoms with Gasteiger partial charge in [0.25, 0.3) is 0 Å². The molecule has 0 aliphatic rings. The molecule has 2 aromatic carbocycles. The van der Waals surface area contributed by atoms with Gasteiger partial charge in [0.1, 0.15) is 11.4 Å². The molecule has 0 spiro atoms. The molecule has 1 N–H and O–H groups in total. The molecule has 0 aliphatic carbocycles. The second-order valence-corrected chi connectivity index (χ2v) is 7.98. The van der Waals surface area contributed by atoms with Crippen LogP contribution in [0.15, 0.2) is 78.8 Å². The van der Waals surface area contributed by atoms with E-state index in [9.17, 15) is 0 Å². The summed E-state index contributed by atoms with van der Waals surface area (Å²) in [5.74, 6) is 0.870. The number of hydrogen-bond acceptors (Lipinski definition) is 3. The van der Waals surface area contributed by atoms with Crippen molar-refractivity contribution in [2.24, 2.45) is 0 Å². The van der Waals surface area contributed by atoms with Crippen molar-refractivity contribution in [3.8, 4) is 11.1 Å². The first-order valence-electron chi connectivity index (χ1n) is 10.6. The molecule has 0 saturated heterocycles. The average molecular weight is 394 g/mol. The Bertz CT molecular complexity index is 773. The average Bonchev–Trinajstić information content (AvgIpc) is 2.71. The highest BCUT2D eigenvalue weighted by Gasteiger charge is 2.11. The SMILES string of the molecule is CCC/C=C(\C=C\OCCCNc1ccccc1-c1ccccc1)OC(C)(C)C. The van der Waals surface area contributed by atoms with Crippen LogP contribution >= 0.6 is 0 Å². The fraction of sp³-hybridized carbons (Fsp3) is 0.385. The highest BCUT2D eigenvalue weighted by molar-refractivity contribution is 5.77. The molecule has 0 fully saturated rings. The van der Waals surface area contributed by atoms with Crippen molar-refractivity contribution in [1.29, 1.82) is 0 Å². The van der Waals surface area contributed by atoms with Gasteiger partial charge in [0.05, 0.1) is 12.9 Å². The van der Waals surface area contributed by atoms with Crippen LogP contribution in [0.1, 0.15) is 47.0 Å². The third-order valence-corrected chi connectivity index (χ3v) is 4.15. The largest absolute Gasteiger partial charge is 0.501 e. The molecule has 0 aromatic heterocycles. The predicted octanol–water partition coefficient (Wildman–Crippen LogP) is 7.19. The van der Waals surface area contributed by atoms with Crippen LogP contribution in [0.2, 0.25) is 0 Å². The van der Waals surface area contributed by atoms with E-state index in [4.69, 9.17) is 9.47 Å². The molecule has 0 saturated carbocycles. The number of ether oxygens (including phenoxy) is 2. The Morgan fingerprint density at radius 1 is 1.00 bits per heavy atom. The van der Waals surface area contributed by atoms with Crippen molar-refractivity contribution >= 4 is 5.69 Å². The Hall–Kier alpha value is -2.68. The molecule has 156 valence electrons. The molecule has 29 heavy (non-hydrogen) atoms. The minimum absolute atomic E-state index is 0.208. The highest BCUT2D eigenvalue weighted by Crippen LogP contribution is 2.27. The van der Waals surface area contributed by atoms with Gasteiger partial charge in [-0.2, -0.15) is 0 Å². The zero-order chi connectivity index (χ0) is 21.0. The molecule has 3 nitrogen and oxygen atoms in total. The van der Waals surface area contributed by atoms with Crippen molar-refractivity contribution < 1.29 is 9.47 Å². The summed E-state index contributed by atoms with van der Waals surface area (Å²) in [5, 5.41) is 3.53. The molecule has 0 amide bonds. The van der Waals surface area contributed by atoms with E-state index >= 15 is 0 Å². The van der Waals surface area contributed by atoms with Gasteiger partial charge in [-0.05, 0) is 51.3 Å². The summed E-state index contributed by atoms with van der Waals surface area (Å²) in [7, 11) is 0. The second kappa shape index (κ2) is 12.0. The summed E-state index contributed by atoms with van der Waals surface area (Å²) in [6, 6.07) is 18.9. The lowest BCUT2D eigenvalue weighted by molar-refractivity contribution is 0.0586. The normalized spacial score (nSPS) is 12.2. The first-order chi connectivity index (χ1) is 14.0. The highest BCUT2D eigenvalue weighted by atomic mass is 16.5. The third kappa shape index (κ3) is 8.91. The lowest BCUT2D eigenvalue weighted by atomic mass is 10.0. The van der Waals surface area contributed by atoms with Crippen LogP contribution in [0, 0.1) is 0 Å². The molecule has 0 heterocycles. The van der Waals surface area contributed by atoms with Gasteiger partial charge in [-0.3, -0.25) is 0 Å². The molecule has 0 aliphatic heterocycles. The Morgan fingerprint density at radius 3 is 2.45 bits per heavy atom. The number of benzene rings is 2. The second-order valence-electron chi connectivity index (χ2n) is 7.98. The van der Waals surface area contributed by atoms with Crippen molar-refractivity contribution in [3.05, 3.63) is 78.8 Å². The monoisotopic (exact) mass is 393 g/mol.